The van der Waals surface area contributed by atoms with Crippen molar-refractivity contribution in [3.63, 3.8) is 0 Å². The smallest absolute Gasteiger partial charge is 0.328 e. The van der Waals surface area contributed by atoms with Gasteiger partial charge in [-0.1, -0.05) is 20.8 Å². The molecule has 1 aromatic heterocycles. The SMILES string of the molecule is Cn1c(=O)n(C)c2cc(S(=O)(=O)NC(CCC(C)(C)C)C(N)=O)c(Br)cc21. The number of halogens is 1. The number of carbonyl (C=O) groups is 1. The number of benzene rings is 1. The summed E-state index contributed by atoms with van der Waals surface area (Å²) in [6.07, 6.45) is 0.915. The first-order chi connectivity index (χ1) is 12.2. The minimum absolute atomic E-state index is 0.0572. The molecule has 1 heterocycles. The highest BCUT2D eigenvalue weighted by atomic mass is 79.9. The number of aryl methyl sites for hydroxylation is 2. The molecule has 1 amide bonds. The lowest BCUT2D eigenvalue weighted by Crippen LogP contribution is -2.44. The Morgan fingerprint density at radius 3 is 2.22 bits per heavy atom. The summed E-state index contributed by atoms with van der Waals surface area (Å²) in [6.45, 7) is 6.00. The van der Waals surface area contributed by atoms with Gasteiger partial charge < -0.3 is 5.73 Å². The van der Waals surface area contributed by atoms with Crippen molar-refractivity contribution in [2.45, 2.75) is 44.6 Å². The lowest BCUT2D eigenvalue weighted by atomic mass is 9.89. The Morgan fingerprint density at radius 2 is 1.74 bits per heavy atom. The van der Waals surface area contributed by atoms with Gasteiger partial charge in [-0.3, -0.25) is 13.9 Å². The zero-order chi connectivity index (χ0) is 20.7. The summed E-state index contributed by atoms with van der Waals surface area (Å²) in [7, 11) is -0.859. The van der Waals surface area contributed by atoms with Crippen LogP contribution in [-0.4, -0.2) is 29.5 Å². The van der Waals surface area contributed by atoms with Crippen molar-refractivity contribution in [2.24, 2.45) is 25.2 Å². The fourth-order valence-corrected chi connectivity index (χ4v) is 5.08. The molecule has 1 atom stereocenters. The van der Waals surface area contributed by atoms with Crippen molar-refractivity contribution < 1.29 is 13.2 Å². The van der Waals surface area contributed by atoms with Crippen LogP contribution in [0.15, 0.2) is 26.3 Å². The molecule has 10 heteroatoms. The van der Waals surface area contributed by atoms with Crippen molar-refractivity contribution >= 4 is 42.9 Å². The van der Waals surface area contributed by atoms with Gasteiger partial charge in [0.1, 0.15) is 6.04 Å². The lowest BCUT2D eigenvalue weighted by molar-refractivity contribution is -0.119. The number of hydrogen-bond acceptors (Lipinski definition) is 4. The Bertz CT molecular complexity index is 1050. The fourth-order valence-electron chi connectivity index (χ4n) is 2.79. The third-order valence-electron chi connectivity index (χ3n) is 4.44. The zero-order valence-electron chi connectivity index (χ0n) is 16.0. The topological polar surface area (TPSA) is 116 Å². The molecule has 1 unspecified atom stereocenters. The summed E-state index contributed by atoms with van der Waals surface area (Å²) in [5.41, 5.74) is 6.13. The molecule has 27 heavy (non-hydrogen) atoms. The van der Waals surface area contributed by atoms with Crippen LogP contribution in [0, 0.1) is 5.41 Å². The van der Waals surface area contributed by atoms with E-state index in [-0.39, 0.29) is 16.0 Å². The molecule has 1 aromatic carbocycles. The number of sulfonamides is 1. The monoisotopic (exact) mass is 460 g/mol. The second-order valence-corrected chi connectivity index (χ2v) is 10.4. The van der Waals surface area contributed by atoms with Gasteiger partial charge in [-0.05, 0) is 46.3 Å². The van der Waals surface area contributed by atoms with E-state index in [0.29, 0.717) is 28.3 Å². The molecular formula is C17H25BrN4O4S. The van der Waals surface area contributed by atoms with Crippen molar-refractivity contribution in [1.29, 1.82) is 0 Å². The average molecular weight is 461 g/mol. The van der Waals surface area contributed by atoms with E-state index in [1.807, 2.05) is 20.8 Å². The number of nitrogens with zero attached hydrogens (tertiary/aromatic N) is 2. The van der Waals surface area contributed by atoms with E-state index in [4.69, 9.17) is 5.73 Å². The van der Waals surface area contributed by atoms with Crippen LogP contribution in [-0.2, 0) is 28.9 Å². The number of primary amides is 1. The molecule has 0 bridgehead atoms. The maximum atomic E-state index is 12.9. The highest BCUT2D eigenvalue weighted by Gasteiger charge is 2.28. The van der Waals surface area contributed by atoms with Gasteiger partial charge >= 0.3 is 5.69 Å². The molecule has 150 valence electrons. The van der Waals surface area contributed by atoms with Crippen molar-refractivity contribution in [3.05, 3.63) is 27.1 Å². The molecular weight excluding hydrogens is 436 g/mol. The van der Waals surface area contributed by atoms with E-state index in [9.17, 15) is 18.0 Å². The molecule has 0 spiro atoms. The summed E-state index contributed by atoms with van der Waals surface area (Å²) in [5.74, 6) is -0.730. The van der Waals surface area contributed by atoms with E-state index in [0.717, 1.165) is 0 Å². The highest BCUT2D eigenvalue weighted by Crippen LogP contribution is 2.28. The van der Waals surface area contributed by atoms with E-state index in [2.05, 4.69) is 20.7 Å². The predicted octanol–water partition coefficient (Wildman–Crippen LogP) is 1.60. The Hall–Kier alpha value is -1.65. The first kappa shape index (κ1) is 21.6. The summed E-state index contributed by atoms with van der Waals surface area (Å²) >= 11 is 3.26. The van der Waals surface area contributed by atoms with Gasteiger partial charge in [0.25, 0.3) is 0 Å². The van der Waals surface area contributed by atoms with Gasteiger partial charge in [0.05, 0.1) is 15.9 Å². The standard InChI is InChI=1S/C17H25BrN4O4S/c1-17(2,3)7-6-11(15(19)23)20-27(25,26)14-9-13-12(8-10(14)18)21(4)16(24)22(13)5/h8-9,11,20H,6-7H2,1-5H3,(H2,19,23). The molecule has 0 saturated heterocycles. The number of fused-ring (bicyclic) bond motifs is 1. The molecule has 3 N–H and O–H groups in total. The van der Waals surface area contributed by atoms with Crippen molar-refractivity contribution in [2.75, 3.05) is 0 Å². The van der Waals surface area contributed by atoms with Crippen LogP contribution >= 0.6 is 15.9 Å². The van der Waals surface area contributed by atoms with Gasteiger partial charge in [-0.15, -0.1) is 0 Å². The van der Waals surface area contributed by atoms with Crippen LogP contribution in [0.2, 0.25) is 0 Å². The lowest BCUT2D eigenvalue weighted by Gasteiger charge is -2.22. The molecule has 0 saturated carbocycles. The van der Waals surface area contributed by atoms with Crippen molar-refractivity contribution in [3.8, 4) is 0 Å². The van der Waals surface area contributed by atoms with Crippen LogP contribution < -0.4 is 16.1 Å². The van der Waals surface area contributed by atoms with Gasteiger partial charge in [-0.2, -0.15) is 4.72 Å². The minimum atomic E-state index is -4.04. The van der Waals surface area contributed by atoms with Gasteiger partial charge in [0.15, 0.2) is 0 Å². The maximum absolute atomic E-state index is 12.9. The number of aromatic nitrogens is 2. The molecule has 8 nitrogen and oxygen atoms in total. The van der Waals surface area contributed by atoms with Crippen molar-refractivity contribution in [1.82, 2.24) is 13.9 Å². The Kier molecular flexibility index (Phi) is 5.93. The van der Waals surface area contributed by atoms with E-state index in [1.54, 1.807) is 20.2 Å². The van der Waals surface area contributed by atoms with Gasteiger partial charge in [-0.25, -0.2) is 13.2 Å². The van der Waals surface area contributed by atoms with Gasteiger partial charge in [0.2, 0.25) is 15.9 Å². The third-order valence-corrected chi connectivity index (χ3v) is 6.87. The summed E-state index contributed by atoms with van der Waals surface area (Å²) < 4.78 is 31.3. The molecule has 0 aliphatic heterocycles. The second-order valence-electron chi connectivity index (χ2n) is 7.85. The number of nitrogens with one attached hydrogen (secondary N) is 1. The molecule has 0 aliphatic carbocycles. The first-order valence-electron chi connectivity index (χ1n) is 8.41. The number of amides is 1. The summed E-state index contributed by atoms with van der Waals surface area (Å²) in [5, 5.41) is 0. The quantitative estimate of drug-likeness (QED) is 0.680. The van der Waals surface area contributed by atoms with Crippen LogP contribution in [0.3, 0.4) is 0 Å². The Morgan fingerprint density at radius 1 is 1.22 bits per heavy atom. The number of hydrogen-bond donors (Lipinski definition) is 2. The zero-order valence-corrected chi connectivity index (χ0v) is 18.4. The second kappa shape index (κ2) is 7.40. The summed E-state index contributed by atoms with van der Waals surface area (Å²) in [6, 6.07) is 1.96. The van der Waals surface area contributed by atoms with E-state index in [1.165, 1.54) is 15.2 Å². The highest BCUT2D eigenvalue weighted by molar-refractivity contribution is 9.10. The maximum Gasteiger partial charge on any atom is 0.328 e. The normalized spacial score (nSPS) is 13.9. The van der Waals surface area contributed by atoms with Crippen LogP contribution in [0.4, 0.5) is 0 Å². The minimum Gasteiger partial charge on any atom is -0.368 e. The van der Waals surface area contributed by atoms with Crippen LogP contribution in [0.5, 0.6) is 0 Å². The average Bonchev–Trinajstić information content (AvgIpc) is 2.74. The molecule has 0 radical (unpaired) electrons. The Balaban J connectivity index is 2.46. The van der Waals surface area contributed by atoms with E-state index >= 15 is 0 Å². The Labute approximate surface area is 166 Å². The number of carbonyl (C=O) groups excluding carboxylic acids is 1. The molecule has 0 aliphatic rings. The predicted molar refractivity (Wildman–Crippen MR) is 108 cm³/mol. The number of imidazole rings is 1. The molecule has 2 aromatic rings. The number of rotatable bonds is 6. The van der Waals surface area contributed by atoms with Crippen LogP contribution in [0.25, 0.3) is 11.0 Å². The largest absolute Gasteiger partial charge is 0.368 e. The number of nitrogens with two attached hydrogens (primary N) is 1. The molecule has 0 fully saturated rings. The summed E-state index contributed by atoms with van der Waals surface area (Å²) in [4.78, 5) is 23.8. The first-order valence-corrected chi connectivity index (χ1v) is 10.7. The van der Waals surface area contributed by atoms with Crippen LogP contribution in [0.1, 0.15) is 33.6 Å². The third kappa shape index (κ3) is 4.61. The van der Waals surface area contributed by atoms with Gasteiger partial charge in [0, 0.05) is 18.6 Å². The molecule has 2 rings (SSSR count). The van der Waals surface area contributed by atoms with E-state index < -0.39 is 22.0 Å². The fraction of sp³-hybridized carbons (Fsp3) is 0.529.